The molecule has 1 unspecified atom stereocenters. The average molecular weight is 381 g/mol. The van der Waals surface area contributed by atoms with Crippen LogP contribution < -0.4 is 5.73 Å². The first-order chi connectivity index (χ1) is 12.2. The highest BCUT2D eigenvalue weighted by Gasteiger charge is 2.44. The molecule has 26 heavy (non-hydrogen) atoms. The Morgan fingerprint density at radius 3 is 2.69 bits per heavy atom. The van der Waals surface area contributed by atoms with Crippen LogP contribution in [0.25, 0.3) is 11.2 Å². The maximum atomic E-state index is 10.6. The zero-order valence-corrected chi connectivity index (χ0v) is 16.4. The molecule has 9 heteroatoms. The van der Waals surface area contributed by atoms with Crippen LogP contribution in [-0.4, -0.2) is 73.8 Å². The second kappa shape index (κ2) is 7.27. The lowest BCUT2D eigenvalue weighted by Gasteiger charge is -2.20. The molecule has 3 rings (SSSR count). The minimum atomic E-state index is -1.24. The fourth-order valence-corrected chi connectivity index (χ4v) is 4.25. The smallest absolute Gasteiger partial charge is 0.167 e. The van der Waals surface area contributed by atoms with Crippen molar-refractivity contribution in [3.05, 3.63) is 12.2 Å². The van der Waals surface area contributed by atoms with Crippen LogP contribution in [0.3, 0.4) is 0 Å². The topological polar surface area (TPSA) is 119 Å². The lowest BCUT2D eigenvalue weighted by Crippen LogP contribution is -2.32. The van der Waals surface area contributed by atoms with Crippen molar-refractivity contribution in [3.8, 4) is 0 Å². The minimum Gasteiger partial charge on any atom is -0.388 e. The van der Waals surface area contributed by atoms with Crippen LogP contribution in [0.4, 0.5) is 5.82 Å². The van der Waals surface area contributed by atoms with Gasteiger partial charge in [-0.25, -0.2) is 15.0 Å². The van der Waals surface area contributed by atoms with Gasteiger partial charge in [0.1, 0.15) is 24.4 Å². The van der Waals surface area contributed by atoms with Gasteiger partial charge in [0, 0.05) is 6.42 Å². The predicted molar refractivity (Wildman–Crippen MR) is 105 cm³/mol. The molecule has 0 radical (unpaired) electrons. The van der Waals surface area contributed by atoms with E-state index in [1.165, 1.54) is 6.33 Å². The Kier molecular flexibility index (Phi) is 5.40. The summed E-state index contributed by atoms with van der Waals surface area (Å²) in [6.07, 6.45) is 5.45. The molecule has 0 saturated carbocycles. The molecule has 4 N–H and O–H groups in total. The number of ether oxygens (including phenoxy) is 1. The van der Waals surface area contributed by atoms with E-state index in [-0.39, 0.29) is 0 Å². The third-order valence-corrected chi connectivity index (χ3v) is 6.13. The highest BCUT2D eigenvalue weighted by Crippen LogP contribution is 2.40. The van der Waals surface area contributed by atoms with E-state index in [0.717, 1.165) is 18.4 Å². The number of aryl methyl sites for hydroxylation is 1. The Bertz CT molecular complexity index is 833. The number of nitrogens with zero attached hydrogens (tertiary/aromatic N) is 4. The Balaban J connectivity index is 1.96. The Labute approximate surface area is 153 Å². The van der Waals surface area contributed by atoms with Gasteiger partial charge in [-0.2, -0.15) is 0 Å². The molecule has 0 amide bonds. The maximum Gasteiger partial charge on any atom is 0.167 e. The van der Waals surface area contributed by atoms with Crippen LogP contribution in [0.15, 0.2) is 6.33 Å². The summed E-state index contributed by atoms with van der Waals surface area (Å²) in [5.41, 5.74) is 6.95. The highest BCUT2D eigenvalue weighted by molar-refractivity contribution is 7.72. The summed E-state index contributed by atoms with van der Waals surface area (Å²) in [7, 11) is 0. The second-order valence-corrected chi connectivity index (χ2v) is 11.9. The van der Waals surface area contributed by atoms with Crippen molar-refractivity contribution in [1.82, 2.24) is 19.5 Å². The van der Waals surface area contributed by atoms with E-state index in [4.69, 9.17) is 10.5 Å². The van der Waals surface area contributed by atoms with E-state index in [1.54, 1.807) is 4.57 Å². The van der Waals surface area contributed by atoms with Gasteiger partial charge >= 0.3 is 0 Å². The minimum absolute atomic E-state index is 0.291. The summed E-state index contributed by atoms with van der Waals surface area (Å²) in [4.78, 5) is 12.8. The van der Waals surface area contributed by atoms with Crippen LogP contribution in [0.5, 0.6) is 0 Å². The van der Waals surface area contributed by atoms with E-state index in [9.17, 15) is 10.2 Å². The largest absolute Gasteiger partial charge is 0.388 e. The molecule has 1 saturated heterocycles. The third-order valence-electron chi connectivity index (χ3n) is 4.66. The lowest BCUT2D eigenvalue weighted by atomic mass is 10.1. The van der Waals surface area contributed by atoms with E-state index in [1.807, 2.05) is 6.92 Å². The van der Waals surface area contributed by atoms with Crippen molar-refractivity contribution in [3.63, 3.8) is 0 Å². The number of anilines is 1. The Hall–Kier alpha value is -1.47. The first kappa shape index (κ1) is 19.3. The van der Waals surface area contributed by atoms with Crippen LogP contribution in [-0.2, 0) is 11.2 Å². The van der Waals surface area contributed by atoms with Gasteiger partial charge in [0.2, 0.25) is 0 Å². The number of nitrogens with two attached hydrogens (primary N) is 1. The van der Waals surface area contributed by atoms with Crippen LogP contribution in [0.1, 0.15) is 31.8 Å². The summed E-state index contributed by atoms with van der Waals surface area (Å²) in [5.74, 6) is 1.01. The van der Waals surface area contributed by atoms with E-state index in [2.05, 4.69) is 34.6 Å². The quantitative estimate of drug-likeness (QED) is 0.641. The number of imidazole rings is 1. The molecule has 1 aliphatic heterocycles. The van der Waals surface area contributed by atoms with Crippen LogP contribution >= 0.6 is 6.89 Å². The molecule has 4 atom stereocenters. The average Bonchev–Trinajstić information content (AvgIpc) is 3.05. The fraction of sp³-hybridized carbons (Fsp3) is 0.647. The number of hydrogen-bond donors (Lipinski definition) is 3. The molecule has 144 valence electrons. The summed E-state index contributed by atoms with van der Waals surface area (Å²) in [6.45, 7) is 5.09. The number of rotatable bonds is 6. The summed E-state index contributed by atoms with van der Waals surface area (Å²) in [6, 6.07) is 0. The number of fused-ring (bicyclic) bond motifs is 1. The van der Waals surface area contributed by atoms with Gasteiger partial charge in [0.15, 0.2) is 23.2 Å². The monoisotopic (exact) mass is 381 g/mol. The van der Waals surface area contributed by atoms with E-state index < -0.39 is 31.4 Å². The van der Waals surface area contributed by atoms with Crippen molar-refractivity contribution in [2.24, 2.45) is 0 Å². The fourth-order valence-electron chi connectivity index (χ4n) is 3.30. The molecular formula is C17H28N5O3P. The molecule has 0 bridgehead atoms. The lowest BCUT2D eigenvalue weighted by molar-refractivity contribution is -0.0368. The summed E-state index contributed by atoms with van der Waals surface area (Å²) < 4.78 is 7.83. The van der Waals surface area contributed by atoms with Crippen molar-refractivity contribution < 1.29 is 14.9 Å². The molecular weight excluding hydrogens is 353 g/mol. The Morgan fingerprint density at radius 1 is 1.31 bits per heavy atom. The molecule has 3 heterocycles. The normalized spacial score (nSPS) is 26.7. The third kappa shape index (κ3) is 3.64. The van der Waals surface area contributed by atoms with Crippen LogP contribution in [0, 0.1) is 0 Å². The first-order valence-electron chi connectivity index (χ1n) is 8.89. The highest BCUT2D eigenvalue weighted by atomic mass is 31.2. The van der Waals surface area contributed by atoms with Gasteiger partial charge < -0.3 is 20.7 Å². The molecule has 0 aliphatic carbocycles. The first-order valence-corrected chi connectivity index (χ1v) is 11.9. The number of hydrogen-bond acceptors (Lipinski definition) is 7. The van der Waals surface area contributed by atoms with Gasteiger partial charge in [-0.05, 0) is 32.3 Å². The van der Waals surface area contributed by atoms with Crippen molar-refractivity contribution in [2.75, 3.05) is 25.2 Å². The van der Waals surface area contributed by atoms with E-state index in [0.29, 0.717) is 29.8 Å². The zero-order chi connectivity index (χ0) is 19.1. The summed E-state index contributed by atoms with van der Waals surface area (Å²) >= 11 is 0. The van der Waals surface area contributed by atoms with Crippen molar-refractivity contribution in [2.45, 2.75) is 50.7 Å². The second-order valence-electron chi connectivity index (χ2n) is 7.57. The molecule has 0 spiro atoms. The number of nitrogen functional groups attached to an aromatic ring is 1. The molecule has 2 aromatic rings. The van der Waals surface area contributed by atoms with E-state index >= 15 is 0 Å². The van der Waals surface area contributed by atoms with Crippen molar-refractivity contribution >= 4 is 30.2 Å². The SMILES string of the molecule is C=P(C)(C)CC[C@H]1OC(n2c(CCC)nc3c(N)ncnc32)[C@H](O)[C@@H]1O. The number of aromatic nitrogens is 4. The molecule has 8 nitrogen and oxygen atoms in total. The number of aliphatic hydroxyl groups is 2. The van der Waals surface area contributed by atoms with Crippen molar-refractivity contribution in [1.29, 1.82) is 0 Å². The van der Waals surface area contributed by atoms with Gasteiger partial charge in [-0.15, -0.1) is 13.2 Å². The van der Waals surface area contributed by atoms with Gasteiger partial charge in [-0.3, -0.25) is 4.57 Å². The van der Waals surface area contributed by atoms with Gasteiger partial charge in [0.25, 0.3) is 0 Å². The molecule has 0 aromatic carbocycles. The van der Waals surface area contributed by atoms with Gasteiger partial charge in [-0.1, -0.05) is 6.92 Å². The van der Waals surface area contributed by atoms with Gasteiger partial charge in [0.05, 0.1) is 6.10 Å². The van der Waals surface area contributed by atoms with Crippen LogP contribution in [0.2, 0.25) is 0 Å². The Morgan fingerprint density at radius 2 is 2.04 bits per heavy atom. The summed E-state index contributed by atoms with van der Waals surface area (Å²) in [5, 5.41) is 21.1. The standard InChI is InChI=1S/C17H28N5O3P/c1-5-6-11-21-12-15(18)19-9-20-16(12)22(11)17-14(24)13(23)10(25-17)7-8-26(2,3)4/h9-10,13-14,17,23-24H,2,5-8H2,1,3-4H3,(H2,18,19,20)/t10-,13-,14-,17?/m1/s1. The molecule has 1 fully saturated rings. The maximum absolute atomic E-state index is 10.6. The predicted octanol–water partition coefficient (Wildman–Crippen LogP) is 1.08. The number of aliphatic hydroxyl groups excluding tert-OH is 2. The zero-order valence-electron chi connectivity index (χ0n) is 15.5. The molecule has 2 aromatic heterocycles. The molecule has 1 aliphatic rings.